The largest absolute Gasteiger partial charge is 0.508 e. The zero-order valence-corrected chi connectivity index (χ0v) is 44.8. The number of aromatic nitrogens is 6. The Morgan fingerprint density at radius 1 is 0.875 bits per heavy atom. The van der Waals surface area contributed by atoms with E-state index >= 15 is 4.39 Å². The number of ether oxygens (including phenoxy) is 5. The van der Waals surface area contributed by atoms with Crippen molar-refractivity contribution in [1.82, 2.24) is 50.3 Å². The summed E-state index contributed by atoms with van der Waals surface area (Å²) in [6, 6.07) is 15.6. The van der Waals surface area contributed by atoms with E-state index in [1.165, 1.54) is 24.3 Å². The first-order valence-electron chi connectivity index (χ1n) is 27.5. The van der Waals surface area contributed by atoms with Crippen LogP contribution in [-0.2, 0) is 14.3 Å². The maximum atomic E-state index is 17.0. The molecule has 5 fully saturated rings. The average molecular weight is 1110 g/mol. The van der Waals surface area contributed by atoms with E-state index in [1.807, 2.05) is 24.3 Å². The van der Waals surface area contributed by atoms with E-state index in [2.05, 4.69) is 56.2 Å². The third-order valence-corrected chi connectivity index (χ3v) is 16.1. The summed E-state index contributed by atoms with van der Waals surface area (Å²) in [5.41, 5.74) is 2.40. The Bertz CT molecular complexity index is 3440. The molecule has 7 aromatic rings. The molecule has 4 aromatic heterocycles. The molecule has 80 heavy (non-hydrogen) atoms. The smallest absolute Gasteiger partial charge is 0.319 e. The lowest BCUT2D eigenvalue weighted by atomic mass is 9.96. The van der Waals surface area contributed by atoms with Gasteiger partial charge in [-0.15, -0.1) is 6.42 Å². The van der Waals surface area contributed by atoms with Crippen molar-refractivity contribution in [2.24, 2.45) is 0 Å². The number of terminal acetylenes is 1. The van der Waals surface area contributed by atoms with E-state index < -0.39 is 29.9 Å². The Labute approximate surface area is 465 Å². The number of aromatic hydroxyl groups is 1. The second-order valence-corrected chi connectivity index (χ2v) is 21.6. The highest BCUT2D eigenvalue weighted by Crippen LogP contribution is 2.40. The summed E-state index contributed by atoms with van der Waals surface area (Å²) >= 11 is 6.65. The number of aliphatic hydroxyl groups is 1. The normalized spacial score (nSPS) is 22.1. The van der Waals surface area contributed by atoms with Crippen LogP contribution in [0.1, 0.15) is 50.5 Å². The Morgan fingerprint density at radius 2 is 1.65 bits per heavy atom. The van der Waals surface area contributed by atoms with Crippen LogP contribution in [0.3, 0.4) is 0 Å². The number of amides is 1. The predicted octanol–water partition coefficient (Wildman–Crippen LogP) is 6.39. The molecule has 2 bridgehead atoms. The number of phenols is 1. The number of imidazole rings is 1. The van der Waals surface area contributed by atoms with Gasteiger partial charge in [0.05, 0.1) is 46.9 Å². The molecule has 12 rings (SSSR count). The lowest BCUT2D eigenvalue weighted by molar-refractivity contribution is -0.121. The molecule has 19 nitrogen and oxygen atoms in total. The van der Waals surface area contributed by atoms with Crippen LogP contribution in [0.15, 0.2) is 60.8 Å². The van der Waals surface area contributed by atoms with E-state index in [4.69, 9.17) is 46.7 Å². The fraction of sp³-hybridized carbons (Fsp3) is 0.448. The number of hydrogen-bond donors (Lipinski definition) is 5. The number of H-pyrrole nitrogens is 1. The van der Waals surface area contributed by atoms with E-state index in [1.54, 1.807) is 12.3 Å². The fourth-order valence-electron chi connectivity index (χ4n) is 11.7. The predicted molar refractivity (Wildman–Crippen MR) is 296 cm³/mol. The fourth-order valence-corrected chi connectivity index (χ4v) is 12.0. The van der Waals surface area contributed by atoms with Gasteiger partial charge in [-0.1, -0.05) is 36.4 Å². The van der Waals surface area contributed by atoms with Crippen molar-refractivity contribution in [2.75, 3.05) is 90.2 Å². The van der Waals surface area contributed by atoms with Crippen molar-refractivity contribution in [3.05, 3.63) is 83.0 Å². The summed E-state index contributed by atoms with van der Waals surface area (Å²) in [7, 11) is 0. The number of pyridine rings is 2. The van der Waals surface area contributed by atoms with Crippen LogP contribution in [0.4, 0.5) is 14.6 Å². The van der Waals surface area contributed by atoms with Crippen molar-refractivity contribution >= 4 is 56.2 Å². The van der Waals surface area contributed by atoms with Gasteiger partial charge in [-0.3, -0.25) is 14.7 Å². The average Bonchev–Trinajstić information content (AvgIpc) is 4.37. The van der Waals surface area contributed by atoms with Crippen LogP contribution < -0.4 is 29.7 Å². The maximum absolute atomic E-state index is 17.0. The molecule has 0 aliphatic carbocycles. The molecule has 0 radical (unpaired) electrons. The number of hydrogen-bond acceptors (Lipinski definition) is 17. The highest BCUT2D eigenvalue weighted by molar-refractivity contribution is 6.33. The highest BCUT2D eigenvalue weighted by Gasteiger charge is 2.49. The third kappa shape index (κ3) is 11.5. The second kappa shape index (κ2) is 23.6. The monoisotopic (exact) mass is 1110 g/mol. The minimum Gasteiger partial charge on any atom is -0.508 e. The van der Waals surface area contributed by atoms with Crippen LogP contribution in [0, 0.1) is 24.0 Å². The van der Waals surface area contributed by atoms with Gasteiger partial charge in [0.15, 0.2) is 17.6 Å². The molecule has 3 aromatic carbocycles. The van der Waals surface area contributed by atoms with Gasteiger partial charge in [-0.25, -0.2) is 13.8 Å². The van der Waals surface area contributed by atoms with E-state index in [9.17, 15) is 19.4 Å². The van der Waals surface area contributed by atoms with Crippen LogP contribution in [0.2, 0.25) is 5.02 Å². The van der Waals surface area contributed by atoms with Crippen molar-refractivity contribution in [2.45, 2.75) is 81.4 Å². The number of nitrogens with one attached hydrogen (secondary N) is 3. The number of rotatable bonds is 20. The third-order valence-electron chi connectivity index (χ3n) is 15.8. The minimum absolute atomic E-state index is 0.00765. The van der Waals surface area contributed by atoms with Crippen LogP contribution in [0.25, 0.3) is 55.4 Å². The van der Waals surface area contributed by atoms with Gasteiger partial charge < -0.3 is 59.3 Å². The number of piperazine rings is 2. The quantitative estimate of drug-likeness (QED) is 0.0413. The molecule has 1 amide bonds. The molecule has 0 spiro atoms. The number of aliphatic hydroxyl groups excluding tert-OH is 1. The van der Waals surface area contributed by atoms with Crippen molar-refractivity contribution in [1.29, 1.82) is 0 Å². The second-order valence-electron chi connectivity index (χ2n) is 21.2. The number of carbonyl (C=O) groups is 1. The van der Waals surface area contributed by atoms with Crippen molar-refractivity contribution in [3.8, 4) is 58.4 Å². The molecule has 22 heteroatoms. The van der Waals surface area contributed by atoms with Gasteiger partial charge in [0.2, 0.25) is 5.91 Å². The SMILES string of the molecule is C#Cc1c(F)ccc2cc(O)cc(-c3ncc4c(N5CC6CCC(C5)N6)nc(OCCN5CCN(CCCCCCC(=O)NCCOc6ccc(-c7nc8nc(O[C@@H]9CO[C@H]%10[C@@H]9OC[C@H]%10O)[nH]c8cc7Cl)cc6)CC5)nc4c3F)c12. The first-order valence-corrected chi connectivity index (χ1v) is 27.9. The molecular weight excluding hydrogens is 1050 g/mol. The van der Waals surface area contributed by atoms with Crippen LogP contribution in [0.5, 0.6) is 23.5 Å². The lowest BCUT2D eigenvalue weighted by Crippen LogP contribution is -2.51. The molecule has 5 aliphatic rings. The standard InChI is InChI=1S/C58H62ClF2N11O8/c1-2-39-43(60)15-10-34-25-37(73)26-40(48(34)39)51-49(61)52-41(28-63-51)56(72-29-35-11-12-36(30-72)64-35)69-57(67-52)77-24-22-71-20-18-70(19-21-71)17-6-4-3-5-7-47(75)62-16-23-76-38-13-8-33(9-14-38)50-42(59)27-44-55(66-50)68-58(65-44)80-46-32-79-53-45(74)31-78-54(46)53/h1,8-10,13-15,25-28,35-36,45-46,53-54,64,73-74H,3-7,11-12,16-24,29-32H2,(H,62,75)(H,65,66,68)/t35?,36?,45-,46-,53-,54-/m1/s1. The first kappa shape index (κ1) is 53.6. The number of unbranched alkanes of at least 4 members (excludes halogenated alkanes) is 3. The molecule has 9 heterocycles. The number of halogens is 3. The number of anilines is 1. The maximum Gasteiger partial charge on any atom is 0.319 e. The molecular formula is C58H62ClF2N11O8. The number of carbonyl (C=O) groups excluding carboxylic acids is 1. The molecule has 2 unspecified atom stereocenters. The van der Waals surface area contributed by atoms with E-state index in [0.29, 0.717) is 90.0 Å². The van der Waals surface area contributed by atoms with Gasteiger partial charge in [0.1, 0.15) is 65.9 Å². The van der Waals surface area contributed by atoms with E-state index in [-0.39, 0.29) is 82.8 Å². The molecule has 418 valence electrons. The summed E-state index contributed by atoms with van der Waals surface area (Å²) in [5.74, 6) is 2.08. The van der Waals surface area contributed by atoms with Gasteiger partial charge in [-0.2, -0.15) is 15.0 Å². The zero-order chi connectivity index (χ0) is 54.9. The van der Waals surface area contributed by atoms with Gasteiger partial charge in [0.25, 0.3) is 6.01 Å². The van der Waals surface area contributed by atoms with Crippen molar-refractivity contribution in [3.63, 3.8) is 0 Å². The van der Waals surface area contributed by atoms with Gasteiger partial charge in [-0.05, 0) is 86.1 Å². The number of phenolic OH excluding ortho intramolecular Hbond substituents is 1. The number of nitrogens with zero attached hydrogens (tertiary/aromatic N) is 8. The first-order chi connectivity index (χ1) is 39.0. The molecule has 0 saturated carbocycles. The summed E-state index contributed by atoms with van der Waals surface area (Å²) < 4.78 is 61.4. The minimum atomic E-state index is -0.749. The number of fused-ring (bicyclic) bond motifs is 6. The summed E-state index contributed by atoms with van der Waals surface area (Å²) in [6.45, 7) is 8.16. The number of aromatic amines is 1. The topological polar surface area (TPSA) is 218 Å². The zero-order valence-electron chi connectivity index (χ0n) is 44.0. The lowest BCUT2D eigenvalue weighted by Gasteiger charge is -2.35. The Morgan fingerprint density at radius 3 is 2.45 bits per heavy atom. The molecule has 5 saturated heterocycles. The Hall–Kier alpha value is -7.03. The highest BCUT2D eigenvalue weighted by atomic mass is 35.5. The van der Waals surface area contributed by atoms with Crippen molar-refractivity contribution < 1.29 is 47.5 Å². The van der Waals surface area contributed by atoms with Gasteiger partial charge >= 0.3 is 6.01 Å². The summed E-state index contributed by atoms with van der Waals surface area (Å²) in [4.78, 5) is 45.9. The molecule has 6 atom stereocenters. The van der Waals surface area contributed by atoms with Crippen LogP contribution >= 0.6 is 11.6 Å². The Balaban J connectivity index is 0.558. The summed E-state index contributed by atoms with van der Waals surface area (Å²) in [5, 5.41) is 28.9. The number of benzene rings is 3. The van der Waals surface area contributed by atoms with Gasteiger partial charge in [0, 0.05) is 87.0 Å². The summed E-state index contributed by atoms with van der Waals surface area (Å²) in [6.07, 6.45) is 11.9. The molecule has 5 N–H and O–H groups in total. The van der Waals surface area contributed by atoms with Crippen LogP contribution in [-0.4, -0.2) is 178 Å². The Kier molecular flexibility index (Phi) is 15.8. The van der Waals surface area contributed by atoms with E-state index in [0.717, 1.165) is 76.8 Å². The molecule has 5 aliphatic heterocycles.